The number of aryl methyl sites for hydroxylation is 2. The molecule has 0 aliphatic carbocycles. The third-order valence-electron chi connectivity index (χ3n) is 5.14. The van der Waals surface area contributed by atoms with Gasteiger partial charge in [-0.3, -0.25) is 29.6 Å². The van der Waals surface area contributed by atoms with Crippen molar-refractivity contribution in [2.24, 2.45) is 5.92 Å². The highest BCUT2D eigenvalue weighted by Gasteiger charge is 2.37. The fourth-order valence-electron chi connectivity index (χ4n) is 3.43. The van der Waals surface area contributed by atoms with Gasteiger partial charge in [-0.2, -0.15) is 0 Å². The molecule has 1 atom stereocenters. The van der Waals surface area contributed by atoms with E-state index in [0.717, 1.165) is 16.1 Å². The molecule has 0 unspecified atom stereocenters. The molecule has 0 radical (unpaired) electrons. The lowest BCUT2D eigenvalue weighted by Gasteiger charge is -2.18. The summed E-state index contributed by atoms with van der Waals surface area (Å²) < 4.78 is 10.3. The van der Waals surface area contributed by atoms with Crippen LogP contribution in [-0.2, 0) is 19.1 Å². The number of benzene rings is 2. The van der Waals surface area contributed by atoms with Crippen molar-refractivity contribution in [3.8, 4) is 5.75 Å². The zero-order valence-electron chi connectivity index (χ0n) is 18.1. The Kier molecular flexibility index (Phi) is 7.09. The molecule has 2 aromatic carbocycles. The second kappa shape index (κ2) is 9.95. The molecule has 9 nitrogen and oxygen atoms in total. The number of nitrogens with one attached hydrogen (secondary N) is 2. The second-order valence-electron chi connectivity index (χ2n) is 7.47. The Bertz CT molecular complexity index is 1030. The van der Waals surface area contributed by atoms with Gasteiger partial charge in [-0.15, -0.1) is 0 Å². The highest BCUT2D eigenvalue weighted by Crippen LogP contribution is 2.21. The van der Waals surface area contributed by atoms with Crippen LogP contribution in [0.5, 0.6) is 5.75 Å². The molecule has 1 aliphatic heterocycles. The maximum atomic E-state index is 12.5. The van der Waals surface area contributed by atoms with Crippen LogP contribution in [0.1, 0.15) is 27.9 Å². The van der Waals surface area contributed by atoms with E-state index in [1.54, 1.807) is 24.3 Å². The highest BCUT2D eigenvalue weighted by atomic mass is 16.5. The van der Waals surface area contributed by atoms with Crippen molar-refractivity contribution >= 4 is 29.4 Å². The number of hydrazine groups is 1. The summed E-state index contributed by atoms with van der Waals surface area (Å²) in [5.74, 6) is -2.52. The van der Waals surface area contributed by atoms with Crippen molar-refractivity contribution < 1.29 is 28.7 Å². The van der Waals surface area contributed by atoms with Gasteiger partial charge in [0.05, 0.1) is 25.1 Å². The molecule has 9 heteroatoms. The van der Waals surface area contributed by atoms with E-state index in [0.29, 0.717) is 11.4 Å². The maximum Gasteiger partial charge on any atom is 0.311 e. The van der Waals surface area contributed by atoms with Crippen LogP contribution in [-0.4, -0.2) is 49.0 Å². The van der Waals surface area contributed by atoms with Crippen molar-refractivity contribution in [3.63, 3.8) is 0 Å². The van der Waals surface area contributed by atoms with Gasteiger partial charge in [0.1, 0.15) is 5.75 Å². The first-order valence-electron chi connectivity index (χ1n) is 10.1. The summed E-state index contributed by atoms with van der Waals surface area (Å²) in [6.45, 7) is 3.22. The Balaban J connectivity index is 1.52. The van der Waals surface area contributed by atoms with Crippen molar-refractivity contribution in [1.82, 2.24) is 10.4 Å². The van der Waals surface area contributed by atoms with E-state index in [2.05, 4.69) is 10.7 Å². The number of hydrogen-bond acceptors (Lipinski definition) is 6. The number of rotatable bonds is 7. The summed E-state index contributed by atoms with van der Waals surface area (Å²) in [6, 6.07) is 12.2. The monoisotopic (exact) mass is 439 g/mol. The molecule has 168 valence electrons. The second-order valence-corrected chi connectivity index (χ2v) is 7.47. The van der Waals surface area contributed by atoms with Gasteiger partial charge in [-0.1, -0.05) is 30.3 Å². The molecular formula is C23H25N3O6. The minimum absolute atomic E-state index is 0.0446. The van der Waals surface area contributed by atoms with E-state index < -0.39 is 36.2 Å². The third kappa shape index (κ3) is 5.23. The molecule has 0 saturated carbocycles. The van der Waals surface area contributed by atoms with Crippen LogP contribution in [0.4, 0.5) is 5.69 Å². The number of carbonyl (C=O) groups is 4. The minimum Gasteiger partial charge on any atom is -0.496 e. The van der Waals surface area contributed by atoms with Crippen LogP contribution in [0.2, 0.25) is 0 Å². The Labute approximate surface area is 185 Å². The van der Waals surface area contributed by atoms with Crippen LogP contribution in [0.25, 0.3) is 0 Å². The highest BCUT2D eigenvalue weighted by molar-refractivity contribution is 5.99. The topological polar surface area (TPSA) is 114 Å². The van der Waals surface area contributed by atoms with E-state index >= 15 is 0 Å². The first-order chi connectivity index (χ1) is 15.3. The van der Waals surface area contributed by atoms with E-state index in [9.17, 15) is 19.2 Å². The molecular weight excluding hydrogens is 414 g/mol. The molecule has 2 aromatic rings. The number of hydrogen-bond donors (Lipinski definition) is 2. The van der Waals surface area contributed by atoms with E-state index in [-0.39, 0.29) is 18.5 Å². The lowest BCUT2D eigenvalue weighted by atomic mass is 10.1. The van der Waals surface area contributed by atoms with Gasteiger partial charge in [0.2, 0.25) is 5.91 Å². The van der Waals surface area contributed by atoms with Gasteiger partial charge in [0, 0.05) is 12.1 Å². The predicted molar refractivity (Wildman–Crippen MR) is 116 cm³/mol. The largest absolute Gasteiger partial charge is 0.496 e. The Morgan fingerprint density at radius 1 is 1.06 bits per heavy atom. The lowest BCUT2D eigenvalue weighted by molar-refractivity contribution is -0.151. The Morgan fingerprint density at radius 3 is 2.44 bits per heavy atom. The zero-order chi connectivity index (χ0) is 23.3. The van der Waals surface area contributed by atoms with E-state index in [1.165, 1.54) is 7.11 Å². The summed E-state index contributed by atoms with van der Waals surface area (Å²) in [6.07, 6.45) is -0.121. The minimum atomic E-state index is -0.784. The quantitative estimate of drug-likeness (QED) is 0.638. The fraction of sp³-hybridized carbons (Fsp3) is 0.304. The smallest absolute Gasteiger partial charge is 0.311 e. The number of carbonyl (C=O) groups excluding carboxylic acids is 4. The van der Waals surface area contributed by atoms with Crippen LogP contribution >= 0.6 is 0 Å². The average Bonchev–Trinajstić information content (AvgIpc) is 3.14. The molecule has 1 saturated heterocycles. The van der Waals surface area contributed by atoms with Crippen LogP contribution < -0.4 is 15.5 Å². The number of anilines is 1. The number of nitrogens with zero attached hydrogens (tertiary/aromatic N) is 1. The van der Waals surface area contributed by atoms with Crippen molar-refractivity contribution in [2.45, 2.75) is 20.3 Å². The first kappa shape index (κ1) is 22.8. The van der Waals surface area contributed by atoms with Crippen LogP contribution in [0.15, 0.2) is 42.5 Å². The molecule has 32 heavy (non-hydrogen) atoms. The van der Waals surface area contributed by atoms with E-state index in [4.69, 9.17) is 9.47 Å². The lowest BCUT2D eigenvalue weighted by Crippen LogP contribution is -2.43. The predicted octanol–water partition coefficient (Wildman–Crippen LogP) is 1.99. The van der Waals surface area contributed by atoms with Gasteiger partial charge in [-0.05, 0) is 37.1 Å². The Morgan fingerprint density at radius 2 is 1.75 bits per heavy atom. The number of amides is 3. The van der Waals surface area contributed by atoms with Gasteiger partial charge in [0.15, 0.2) is 6.61 Å². The van der Waals surface area contributed by atoms with Crippen LogP contribution in [0, 0.1) is 19.8 Å². The molecule has 3 amide bonds. The van der Waals surface area contributed by atoms with Crippen molar-refractivity contribution in [1.29, 1.82) is 0 Å². The number of methoxy groups -OCH3 is 1. The third-order valence-corrected chi connectivity index (χ3v) is 5.14. The maximum absolute atomic E-state index is 12.5. The molecule has 1 fully saturated rings. The Hall–Kier alpha value is -3.88. The molecule has 1 aliphatic rings. The average molecular weight is 439 g/mol. The van der Waals surface area contributed by atoms with Gasteiger partial charge in [0.25, 0.3) is 11.8 Å². The van der Waals surface area contributed by atoms with Crippen LogP contribution in [0.3, 0.4) is 0 Å². The van der Waals surface area contributed by atoms with Gasteiger partial charge >= 0.3 is 5.97 Å². The summed E-state index contributed by atoms with van der Waals surface area (Å²) >= 11 is 0. The standard InChI is InChI=1S/C23H25N3O6/c1-14-7-6-8-15(2)21(14)24-19(27)13-32-23(30)16-11-20(28)26(12-16)25-22(29)17-9-4-5-10-18(17)31-3/h4-10,16H,11-13H2,1-3H3,(H,24,27)(H,25,29)/t16-/m1/s1. The summed E-state index contributed by atoms with van der Waals surface area (Å²) in [7, 11) is 1.44. The van der Waals surface area contributed by atoms with E-state index in [1.807, 2.05) is 32.0 Å². The van der Waals surface area contributed by atoms with Crippen molar-refractivity contribution in [2.75, 3.05) is 25.6 Å². The van der Waals surface area contributed by atoms with Gasteiger partial charge in [-0.25, -0.2) is 0 Å². The summed E-state index contributed by atoms with van der Waals surface area (Å²) in [5.41, 5.74) is 5.22. The fourth-order valence-corrected chi connectivity index (χ4v) is 3.43. The molecule has 3 rings (SSSR count). The first-order valence-corrected chi connectivity index (χ1v) is 10.1. The SMILES string of the molecule is COc1ccccc1C(=O)NN1C[C@H](C(=O)OCC(=O)Nc2c(C)cccc2C)CC1=O. The molecule has 0 aromatic heterocycles. The number of ether oxygens (including phenoxy) is 2. The van der Waals surface area contributed by atoms with Gasteiger partial charge < -0.3 is 14.8 Å². The summed E-state index contributed by atoms with van der Waals surface area (Å²) in [4.78, 5) is 49.3. The zero-order valence-corrected chi connectivity index (χ0v) is 18.1. The van der Waals surface area contributed by atoms with Crippen molar-refractivity contribution in [3.05, 3.63) is 59.2 Å². The summed E-state index contributed by atoms with van der Waals surface area (Å²) in [5, 5.41) is 3.82. The normalized spacial score (nSPS) is 15.3. The number of para-hydroxylation sites is 2. The number of esters is 1. The molecule has 0 spiro atoms. The molecule has 2 N–H and O–H groups in total. The molecule has 0 bridgehead atoms. The molecule has 1 heterocycles.